The van der Waals surface area contributed by atoms with Crippen molar-refractivity contribution in [2.75, 3.05) is 13.6 Å². The van der Waals surface area contributed by atoms with Crippen molar-refractivity contribution in [2.45, 2.75) is 38.8 Å². The lowest BCUT2D eigenvalue weighted by Crippen LogP contribution is -2.38. The Kier molecular flexibility index (Phi) is 4.86. The summed E-state index contributed by atoms with van der Waals surface area (Å²) in [5.74, 6) is 2.88. The number of nitrogens with one attached hydrogen (secondary N) is 3. The van der Waals surface area contributed by atoms with Crippen LogP contribution in [0, 0.1) is 0 Å². The van der Waals surface area contributed by atoms with Crippen LogP contribution in [0.2, 0.25) is 0 Å². The number of rotatable bonds is 5. The molecule has 0 bridgehead atoms. The molecule has 7 nitrogen and oxygen atoms in total. The Morgan fingerprint density at radius 3 is 3.08 bits per heavy atom. The molecule has 1 aliphatic rings. The van der Waals surface area contributed by atoms with E-state index in [1.165, 1.54) is 29.3 Å². The van der Waals surface area contributed by atoms with Gasteiger partial charge in [-0.1, -0.05) is 18.2 Å². The highest BCUT2D eigenvalue weighted by atomic mass is 15.3. The van der Waals surface area contributed by atoms with E-state index < -0.39 is 0 Å². The number of hydrogen-bond donors (Lipinski definition) is 3. The van der Waals surface area contributed by atoms with Gasteiger partial charge in [-0.25, -0.2) is 0 Å². The first kappa shape index (κ1) is 16.6. The molecule has 0 saturated carbocycles. The lowest BCUT2D eigenvalue weighted by molar-refractivity contribution is 0.504. The quantitative estimate of drug-likeness (QED) is 0.485. The molecule has 3 N–H and O–H groups in total. The molecular formula is C19H25N7. The average molecular weight is 351 g/mol. The number of aromatic nitrogens is 4. The topological polar surface area (TPSA) is 82.9 Å². The Morgan fingerprint density at radius 2 is 2.15 bits per heavy atom. The molecule has 4 rings (SSSR count). The predicted octanol–water partition coefficient (Wildman–Crippen LogP) is 2.00. The highest BCUT2D eigenvalue weighted by Crippen LogP contribution is 2.17. The van der Waals surface area contributed by atoms with Gasteiger partial charge in [-0.2, -0.15) is 0 Å². The number of guanidine groups is 1. The second-order valence-corrected chi connectivity index (χ2v) is 6.60. The van der Waals surface area contributed by atoms with Gasteiger partial charge in [-0.3, -0.25) is 4.99 Å². The van der Waals surface area contributed by atoms with Gasteiger partial charge < -0.3 is 20.2 Å². The first-order chi connectivity index (χ1) is 12.8. The number of hydrogen-bond acceptors (Lipinski definition) is 3. The number of fused-ring (bicyclic) bond motifs is 2. The molecule has 3 aromatic rings. The minimum absolute atomic E-state index is 0.639. The summed E-state index contributed by atoms with van der Waals surface area (Å²) < 4.78 is 2.23. The molecule has 0 aliphatic carbocycles. The van der Waals surface area contributed by atoms with Crippen LogP contribution in [0.25, 0.3) is 10.9 Å². The molecule has 3 heterocycles. The molecular weight excluding hydrogens is 326 g/mol. The normalized spacial score (nSPS) is 14.4. The van der Waals surface area contributed by atoms with E-state index in [2.05, 4.69) is 65.8 Å². The van der Waals surface area contributed by atoms with Crippen molar-refractivity contribution in [3.8, 4) is 0 Å². The number of nitrogens with zero attached hydrogens (tertiary/aromatic N) is 4. The van der Waals surface area contributed by atoms with Gasteiger partial charge in [0.25, 0.3) is 0 Å². The summed E-state index contributed by atoms with van der Waals surface area (Å²) in [6.45, 7) is 2.48. The van der Waals surface area contributed by atoms with Crippen LogP contribution in [0.5, 0.6) is 0 Å². The Hall–Kier alpha value is -2.83. The highest BCUT2D eigenvalue weighted by molar-refractivity contribution is 5.83. The van der Waals surface area contributed by atoms with Crippen LogP contribution in [-0.4, -0.2) is 39.3 Å². The van der Waals surface area contributed by atoms with Gasteiger partial charge >= 0.3 is 0 Å². The fraction of sp³-hybridized carbons (Fsp3) is 0.421. The standard InChI is InChI=1S/C19H25N7/c1-20-19(23-13-18-25-24-17-8-4-5-11-26(17)18)21-10-9-14-12-22-16-7-3-2-6-15(14)16/h2-3,6-7,12,22H,4-5,8-11,13H2,1H3,(H2,20,21,23). The van der Waals surface area contributed by atoms with E-state index in [1.807, 2.05) is 0 Å². The third-order valence-electron chi connectivity index (χ3n) is 4.94. The molecule has 7 heteroatoms. The average Bonchev–Trinajstić information content (AvgIpc) is 3.29. The van der Waals surface area contributed by atoms with E-state index in [0.717, 1.165) is 43.5 Å². The molecule has 1 aliphatic heterocycles. The maximum Gasteiger partial charge on any atom is 0.191 e. The minimum Gasteiger partial charge on any atom is -0.361 e. The third kappa shape index (κ3) is 3.42. The van der Waals surface area contributed by atoms with Crippen LogP contribution in [-0.2, 0) is 25.9 Å². The van der Waals surface area contributed by atoms with Gasteiger partial charge in [0, 0.05) is 43.7 Å². The molecule has 0 fully saturated rings. The Morgan fingerprint density at radius 1 is 1.23 bits per heavy atom. The number of benzene rings is 1. The minimum atomic E-state index is 0.639. The first-order valence-electron chi connectivity index (χ1n) is 9.25. The third-order valence-corrected chi connectivity index (χ3v) is 4.94. The summed E-state index contributed by atoms with van der Waals surface area (Å²) in [5.41, 5.74) is 2.50. The van der Waals surface area contributed by atoms with E-state index in [1.54, 1.807) is 7.05 Å². The zero-order valence-corrected chi connectivity index (χ0v) is 15.1. The largest absolute Gasteiger partial charge is 0.361 e. The molecule has 0 radical (unpaired) electrons. The van der Waals surface area contributed by atoms with Crippen molar-refractivity contribution in [1.29, 1.82) is 0 Å². The van der Waals surface area contributed by atoms with Gasteiger partial charge in [-0.05, 0) is 30.9 Å². The van der Waals surface area contributed by atoms with Crippen molar-refractivity contribution in [3.63, 3.8) is 0 Å². The lowest BCUT2D eigenvalue weighted by Gasteiger charge is -2.16. The number of aryl methyl sites for hydroxylation is 1. The molecule has 136 valence electrons. The second kappa shape index (κ2) is 7.59. The fourth-order valence-corrected chi connectivity index (χ4v) is 3.54. The fourth-order valence-electron chi connectivity index (χ4n) is 3.54. The van der Waals surface area contributed by atoms with Crippen LogP contribution in [0.15, 0.2) is 35.5 Å². The molecule has 26 heavy (non-hydrogen) atoms. The first-order valence-corrected chi connectivity index (χ1v) is 9.25. The van der Waals surface area contributed by atoms with Crippen LogP contribution in [0.1, 0.15) is 30.1 Å². The molecule has 2 aromatic heterocycles. The van der Waals surface area contributed by atoms with Crippen molar-refractivity contribution in [1.82, 2.24) is 30.4 Å². The highest BCUT2D eigenvalue weighted by Gasteiger charge is 2.15. The molecule has 0 amide bonds. The molecule has 0 spiro atoms. The summed E-state index contributed by atoms with van der Waals surface area (Å²) in [6.07, 6.45) is 6.47. The maximum atomic E-state index is 4.32. The Bertz CT molecular complexity index is 906. The summed E-state index contributed by atoms with van der Waals surface area (Å²) in [6, 6.07) is 8.39. The van der Waals surface area contributed by atoms with Crippen LogP contribution < -0.4 is 10.6 Å². The lowest BCUT2D eigenvalue weighted by atomic mass is 10.1. The van der Waals surface area contributed by atoms with Crippen molar-refractivity contribution in [3.05, 3.63) is 47.7 Å². The number of aliphatic imine (C=N–C) groups is 1. The van der Waals surface area contributed by atoms with E-state index in [-0.39, 0.29) is 0 Å². The Labute approximate surface area is 152 Å². The number of aromatic amines is 1. The van der Waals surface area contributed by atoms with Gasteiger partial charge in [0.15, 0.2) is 11.8 Å². The SMILES string of the molecule is CN=C(NCCc1c[nH]c2ccccc12)NCc1nnc2n1CCCC2. The molecule has 0 atom stereocenters. The molecule has 1 aromatic carbocycles. The summed E-state index contributed by atoms with van der Waals surface area (Å²) in [7, 11) is 1.79. The molecule has 0 saturated heterocycles. The summed E-state index contributed by atoms with van der Waals surface area (Å²) in [5, 5.41) is 16.6. The summed E-state index contributed by atoms with van der Waals surface area (Å²) >= 11 is 0. The van der Waals surface area contributed by atoms with Crippen molar-refractivity contribution in [2.24, 2.45) is 4.99 Å². The number of para-hydroxylation sites is 1. The smallest absolute Gasteiger partial charge is 0.191 e. The predicted molar refractivity (Wildman–Crippen MR) is 103 cm³/mol. The van der Waals surface area contributed by atoms with Gasteiger partial charge in [0.05, 0.1) is 6.54 Å². The Balaban J connectivity index is 1.30. The number of H-pyrrole nitrogens is 1. The van der Waals surface area contributed by atoms with Crippen molar-refractivity contribution >= 4 is 16.9 Å². The maximum absolute atomic E-state index is 4.32. The van der Waals surface area contributed by atoms with E-state index >= 15 is 0 Å². The van der Waals surface area contributed by atoms with E-state index in [0.29, 0.717) is 6.54 Å². The monoisotopic (exact) mass is 351 g/mol. The van der Waals surface area contributed by atoms with E-state index in [9.17, 15) is 0 Å². The second-order valence-electron chi connectivity index (χ2n) is 6.60. The summed E-state index contributed by atoms with van der Waals surface area (Å²) in [4.78, 5) is 7.63. The van der Waals surface area contributed by atoms with Crippen LogP contribution in [0.3, 0.4) is 0 Å². The van der Waals surface area contributed by atoms with Gasteiger partial charge in [0.2, 0.25) is 0 Å². The zero-order chi connectivity index (χ0) is 17.8. The van der Waals surface area contributed by atoms with Gasteiger partial charge in [-0.15, -0.1) is 10.2 Å². The van der Waals surface area contributed by atoms with E-state index in [4.69, 9.17) is 0 Å². The van der Waals surface area contributed by atoms with Crippen molar-refractivity contribution < 1.29 is 0 Å². The van der Waals surface area contributed by atoms with Crippen LogP contribution in [0.4, 0.5) is 0 Å². The zero-order valence-electron chi connectivity index (χ0n) is 15.1. The van der Waals surface area contributed by atoms with Gasteiger partial charge in [0.1, 0.15) is 5.82 Å². The van der Waals surface area contributed by atoms with Crippen LogP contribution >= 0.6 is 0 Å². The molecule has 0 unspecified atom stereocenters.